The lowest BCUT2D eigenvalue weighted by Crippen LogP contribution is -2.24. The molecule has 3 heteroatoms. The molecule has 0 atom stereocenters. The SMILES string of the molecule is CC(C)(C)CC(C)(C)c1ccc2oc(=O)c(CO)cc2c1. The van der Waals surface area contributed by atoms with E-state index in [-0.39, 0.29) is 17.4 Å². The Balaban J connectivity index is 2.51. The summed E-state index contributed by atoms with van der Waals surface area (Å²) in [5.41, 5.74) is 1.87. The molecule has 1 aromatic carbocycles. The van der Waals surface area contributed by atoms with Crippen LogP contribution >= 0.6 is 0 Å². The topological polar surface area (TPSA) is 50.4 Å². The molecule has 2 aromatic rings. The highest BCUT2D eigenvalue weighted by molar-refractivity contribution is 5.78. The number of fused-ring (bicyclic) bond motifs is 1. The Labute approximate surface area is 125 Å². The van der Waals surface area contributed by atoms with Crippen LogP contribution in [0, 0.1) is 5.41 Å². The molecule has 0 spiro atoms. The maximum absolute atomic E-state index is 11.6. The second-order valence-electron chi connectivity index (χ2n) is 7.59. The van der Waals surface area contributed by atoms with Crippen LogP contribution in [0.3, 0.4) is 0 Å². The maximum Gasteiger partial charge on any atom is 0.341 e. The minimum atomic E-state index is -0.466. The molecule has 1 aromatic heterocycles. The zero-order chi connectivity index (χ0) is 15.8. The Hall–Kier alpha value is -1.61. The molecule has 1 heterocycles. The van der Waals surface area contributed by atoms with E-state index in [1.807, 2.05) is 12.1 Å². The van der Waals surface area contributed by atoms with Gasteiger partial charge in [-0.2, -0.15) is 0 Å². The monoisotopic (exact) mass is 288 g/mol. The van der Waals surface area contributed by atoms with Crippen LogP contribution in [-0.2, 0) is 12.0 Å². The first-order valence-corrected chi connectivity index (χ1v) is 7.30. The molecular weight excluding hydrogens is 264 g/mol. The molecule has 0 amide bonds. The highest BCUT2D eigenvalue weighted by Gasteiger charge is 2.27. The van der Waals surface area contributed by atoms with Gasteiger partial charge in [0.1, 0.15) is 5.58 Å². The highest BCUT2D eigenvalue weighted by atomic mass is 16.4. The summed E-state index contributed by atoms with van der Waals surface area (Å²) in [4.78, 5) is 11.6. The van der Waals surface area contributed by atoms with Gasteiger partial charge in [0, 0.05) is 5.39 Å². The number of aliphatic hydroxyl groups is 1. The predicted molar refractivity (Wildman–Crippen MR) is 85.5 cm³/mol. The molecule has 21 heavy (non-hydrogen) atoms. The van der Waals surface area contributed by atoms with Crippen molar-refractivity contribution in [3.8, 4) is 0 Å². The molecule has 0 aliphatic carbocycles. The third-order valence-electron chi connectivity index (χ3n) is 3.73. The number of hydrogen-bond donors (Lipinski definition) is 1. The number of hydrogen-bond acceptors (Lipinski definition) is 3. The van der Waals surface area contributed by atoms with Crippen LogP contribution in [0.2, 0.25) is 0 Å². The second kappa shape index (κ2) is 5.30. The van der Waals surface area contributed by atoms with Crippen LogP contribution in [0.4, 0.5) is 0 Å². The van der Waals surface area contributed by atoms with Crippen LogP contribution in [0.1, 0.15) is 52.2 Å². The first kappa shape index (κ1) is 15.8. The third kappa shape index (κ3) is 3.53. The Morgan fingerprint density at radius 3 is 2.33 bits per heavy atom. The first-order chi connectivity index (χ1) is 9.62. The van der Waals surface area contributed by atoms with E-state index in [1.165, 1.54) is 5.56 Å². The number of rotatable bonds is 3. The van der Waals surface area contributed by atoms with E-state index in [2.05, 4.69) is 40.7 Å². The van der Waals surface area contributed by atoms with Gasteiger partial charge in [-0.15, -0.1) is 0 Å². The molecule has 114 valence electrons. The average molecular weight is 288 g/mol. The molecule has 2 rings (SSSR count). The van der Waals surface area contributed by atoms with Gasteiger partial charge in [0.05, 0.1) is 12.2 Å². The molecule has 3 nitrogen and oxygen atoms in total. The zero-order valence-corrected chi connectivity index (χ0v) is 13.5. The first-order valence-electron chi connectivity index (χ1n) is 7.30. The third-order valence-corrected chi connectivity index (χ3v) is 3.73. The summed E-state index contributed by atoms with van der Waals surface area (Å²) in [5.74, 6) is 0. The number of benzene rings is 1. The summed E-state index contributed by atoms with van der Waals surface area (Å²) in [6.45, 7) is 10.9. The molecule has 0 bridgehead atoms. The average Bonchev–Trinajstić information content (AvgIpc) is 2.34. The molecule has 0 radical (unpaired) electrons. The van der Waals surface area contributed by atoms with Gasteiger partial charge in [0.2, 0.25) is 0 Å². The summed E-state index contributed by atoms with van der Waals surface area (Å²) >= 11 is 0. The fourth-order valence-corrected chi connectivity index (χ4v) is 3.13. The largest absolute Gasteiger partial charge is 0.422 e. The minimum absolute atomic E-state index is 0.0297. The second-order valence-corrected chi connectivity index (χ2v) is 7.59. The fourth-order valence-electron chi connectivity index (χ4n) is 3.13. The lowest BCUT2D eigenvalue weighted by molar-refractivity contribution is 0.276. The summed E-state index contributed by atoms with van der Waals surface area (Å²) < 4.78 is 5.24. The van der Waals surface area contributed by atoms with Crippen LogP contribution in [0.15, 0.2) is 33.5 Å². The Morgan fingerprint density at radius 2 is 1.76 bits per heavy atom. The van der Waals surface area contributed by atoms with Crippen LogP contribution in [-0.4, -0.2) is 5.11 Å². The van der Waals surface area contributed by atoms with Crippen molar-refractivity contribution in [3.05, 3.63) is 45.8 Å². The van der Waals surface area contributed by atoms with Gasteiger partial charge in [-0.25, -0.2) is 4.79 Å². The summed E-state index contributed by atoms with van der Waals surface area (Å²) in [7, 11) is 0. The van der Waals surface area contributed by atoms with Gasteiger partial charge in [0.25, 0.3) is 0 Å². The van der Waals surface area contributed by atoms with E-state index in [0.717, 1.165) is 11.8 Å². The normalized spacial score (nSPS) is 12.9. The maximum atomic E-state index is 11.6. The quantitative estimate of drug-likeness (QED) is 0.868. The van der Waals surface area contributed by atoms with E-state index in [9.17, 15) is 9.90 Å². The predicted octanol–water partition coefficient (Wildman–Crippen LogP) is 4.00. The van der Waals surface area contributed by atoms with Crippen molar-refractivity contribution in [1.82, 2.24) is 0 Å². The smallest absolute Gasteiger partial charge is 0.341 e. The highest BCUT2D eigenvalue weighted by Crippen LogP contribution is 2.37. The summed E-state index contributed by atoms with van der Waals surface area (Å²) in [6.07, 6.45) is 1.05. The molecular formula is C18H24O3. The van der Waals surface area contributed by atoms with Gasteiger partial charge in [0.15, 0.2) is 0 Å². The van der Waals surface area contributed by atoms with Gasteiger partial charge in [-0.3, -0.25) is 0 Å². The number of aliphatic hydroxyl groups excluding tert-OH is 1. The Bertz CT molecular complexity index is 702. The molecule has 0 saturated carbocycles. The molecule has 0 aliphatic heterocycles. The summed E-state index contributed by atoms with van der Waals surface area (Å²) in [6, 6.07) is 7.65. The van der Waals surface area contributed by atoms with E-state index >= 15 is 0 Å². The van der Waals surface area contributed by atoms with Crippen LogP contribution < -0.4 is 5.63 Å². The van der Waals surface area contributed by atoms with Gasteiger partial charge in [-0.05, 0) is 41.0 Å². The lowest BCUT2D eigenvalue weighted by atomic mass is 9.72. The van der Waals surface area contributed by atoms with E-state index in [1.54, 1.807) is 6.07 Å². The van der Waals surface area contributed by atoms with Crippen LogP contribution in [0.25, 0.3) is 11.0 Å². The zero-order valence-electron chi connectivity index (χ0n) is 13.5. The van der Waals surface area contributed by atoms with Crippen molar-refractivity contribution >= 4 is 11.0 Å². The molecule has 0 saturated heterocycles. The standard InChI is InChI=1S/C18H24O3/c1-17(2,3)11-18(4,5)14-6-7-15-12(9-14)8-13(10-19)16(20)21-15/h6-9,19H,10-11H2,1-5H3. The Morgan fingerprint density at radius 1 is 1.10 bits per heavy atom. The van der Waals surface area contributed by atoms with Gasteiger partial charge in [-0.1, -0.05) is 40.7 Å². The van der Waals surface area contributed by atoms with Gasteiger partial charge >= 0.3 is 5.63 Å². The van der Waals surface area contributed by atoms with Crippen LogP contribution in [0.5, 0.6) is 0 Å². The molecule has 1 N–H and O–H groups in total. The lowest BCUT2D eigenvalue weighted by Gasteiger charge is -2.33. The van der Waals surface area contributed by atoms with Crippen molar-refractivity contribution in [1.29, 1.82) is 0 Å². The van der Waals surface area contributed by atoms with Crippen molar-refractivity contribution in [2.24, 2.45) is 5.41 Å². The molecule has 0 fully saturated rings. The minimum Gasteiger partial charge on any atom is -0.422 e. The van der Waals surface area contributed by atoms with Crippen molar-refractivity contribution in [2.75, 3.05) is 0 Å². The van der Waals surface area contributed by atoms with E-state index in [4.69, 9.17) is 4.42 Å². The van der Waals surface area contributed by atoms with Gasteiger partial charge < -0.3 is 9.52 Å². The van der Waals surface area contributed by atoms with E-state index < -0.39 is 5.63 Å². The molecule has 0 unspecified atom stereocenters. The molecule has 0 aliphatic rings. The van der Waals surface area contributed by atoms with Crippen molar-refractivity contribution in [3.63, 3.8) is 0 Å². The summed E-state index contributed by atoms with van der Waals surface area (Å²) in [5, 5.41) is 10.1. The van der Waals surface area contributed by atoms with E-state index in [0.29, 0.717) is 11.1 Å². The Kier molecular flexibility index (Phi) is 3.98. The van der Waals surface area contributed by atoms with Crippen molar-refractivity contribution < 1.29 is 9.52 Å². The van der Waals surface area contributed by atoms with Crippen molar-refractivity contribution in [2.45, 2.75) is 53.1 Å². The fraction of sp³-hybridized carbons (Fsp3) is 0.500.